The number of aliphatic carboxylic acids is 1. The van der Waals surface area contributed by atoms with Gasteiger partial charge in [-0.1, -0.05) is 49.2 Å². The molecule has 1 aromatic carbocycles. The lowest BCUT2D eigenvalue weighted by atomic mass is 9.93. The van der Waals surface area contributed by atoms with Crippen LogP contribution in [0.2, 0.25) is 0 Å². The minimum Gasteiger partial charge on any atom is -0.480 e. The van der Waals surface area contributed by atoms with Crippen LogP contribution >= 0.6 is 0 Å². The Morgan fingerprint density at radius 2 is 1.90 bits per heavy atom. The highest BCUT2D eigenvalue weighted by Crippen LogP contribution is 2.30. The van der Waals surface area contributed by atoms with Crippen molar-refractivity contribution >= 4 is 11.9 Å². The molecule has 1 unspecified atom stereocenters. The van der Waals surface area contributed by atoms with Crippen LogP contribution in [0.25, 0.3) is 0 Å². The molecule has 4 heteroatoms. The second kappa shape index (κ2) is 6.57. The highest BCUT2D eigenvalue weighted by molar-refractivity contribution is 5.87. The van der Waals surface area contributed by atoms with Crippen LogP contribution in [-0.2, 0) is 9.59 Å². The number of carbonyl (C=O) groups excluding carboxylic acids is 1. The van der Waals surface area contributed by atoms with Gasteiger partial charge in [0.05, 0.1) is 0 Å². The third-order valence-electron chi connectivity index (χ3n) is 4.16. The van der Waals surface area contributed by atoms with Crippen LogP contribution in [0.5, 0.6) is 0 Å². The highest BCUT2D eigenvalue weighted by Gasteiger charge is 2.42. The van der Waals surface area contributed by atoms with Crippen LogP contribution in [0.3, 0.4) is 0 Å². The summed E-state index contributed by atoms with van der Waals surface area (Å²) in [6.45, 7) is 3.78. The summed E-state index contributed by atoms with van der Waals surface area (Å²) < 4.78 is 0. The number of amides is 1. The third-order valence-corrected chi connectivity index (χ3v) is 4.16. The van der Waals surface area contributed by atoms with E-state index < -0.39 is 11.5 Å². The molecule has 1 fully saturated rings. The predicted molar refractivity (Wildman–Crippen MR) is 81.0 cm³/mol. The molecule has 1 aliphatic carbocycles. The van der Waals surface area contributed by atoms with Crippen molar-refractivity contribution in [3.8, 4) is 0 Å². The quantitative estimate of drug-likeness (QED) is 0.791. The van der Waals surface area contributed by atoms with Gasteiger partial charge in [-0.3, -0.25) is 4.79 Å². The van der Waals surface area contributed by atoms with Gasteiger partial charge in [0, 0.05) is 12.3 Å². The fourth-order valence-electron chi connectivity index (χ4n) is 2.93. The van der Waals surface area contributed by atoms with E-state index in [0.29, 0.717) is 12.8 Å². The molecule has 2 rings (SSSR count). The van der Waals surface area contributed by atoms with Gasteiger partial charge in [0.1, 0.15) is 5.54 Å². The molecule has 0 spiro atoms. The number of carbonyl (C=O) groups is 2. The van der Waals surface area contributed by atoms with Crippen molar-refractivity contribution in [1.82, 2.24) is 5.32 Å². The second-order valence-corrected chi connectivity index (χ2v) is 5.60. The monoisotopic (exact) mass is 287 g/mol. The van der Waals surface area contributed by atoms with E-state index in [4.69, 9.17) is 0 Å². The summed E-state index contributed by atoms with van der Waals surface area (Å²) in [5, 5.41) is 12.1. The Balaban J connectivity index is 2.03. The minimum atomic E-state index is -1.07. The Bertz CT molecular complexity index is 518. The van der Waals surface area contributed by atoms with E-state index in [1.807, 2.05) is 30.3 Å². The van der Waals surface area contributed by atoms with Crippen LogP contribution in [0.4, 0.5) is 0 Å². The summed E-state index contributed by atoms with van der Waals surface area (Å²) in [7, 11) is 0. The Labute approximate surface area is 124 Å². The maximum absolute atomic E-state index is 12.2. The largest absolute Gasteiger partial charge is 0.480 e. The van der Waals surface area contributed by atoms with E-state index in [1.54, 1.807) is 6.08 Å². The third kappa shape index (κ3) is 3.51. The summed E-state index contributed by atoms with van der Waals surface area (Å²) in [5.41, 5.74) is -0.0575. The zero-order valence-corrected chi connectivity index (χ0v) is 12.0. The molecule has 1 amide bonds. The number of hydrogen-bond acceptors (Lipinski definition) is 2. The smallest absolute Gasteiger partial charge is 0.329 e. The molecule has 21 heavy (non-hydrogen) atoms. The van der Waals surface area contributed by atoms with Gasteiger partial charge < -0.3 is 10.4 Å². The summed E-state index contributed by atoms with van der Waals surface area (Å²) in [6.07, 6.45) is 4.67. The number of allylic oxidation sites excluding steroid dienone is 1. The van der Waals surface area contributed by atoms with Crippen molar-refractivity contribution in [3.63, 3.8) is 0 Å². The molecule has 0 heterocycles. The van der Waals surface area contributed by atoms with Gasteiger partial charge in [-0.2, -0.15) is 0 Å². The lowest BCUT2D eigenvalue weighted by Gasteiger charge is -2.26. The average Bonchev–Trinajstić information content (AvgIpc) is 2.95. The van der Waals surface area contributed by atoms with Crippen LogP contribution in [0.1, 0.15) is 43.6 Å². The molecule has 1 saturated carbocycles. The summed E-state index contributed by atoms with van der Waals surface area (Å²) in [4.78, 5) is 23.7. The van der Waals surface area contributed by atoms with E-state index in [9.17, 15) is 14.7 Å². The molecule has 0 saturated heterocycles. The first-order chi connectivity index (χ1) is 10.1. The van der Waals surface area contributed by atoms with Crippen LogP contribution < -0.4 is 5.32 Å². The van der Waals surface area contributed by atoms with E-state index in [2.05, 4.69) is 11.9 Å². The fraction of sp³-hybridized carbons (Fsp3) is 0.412. The molecular formula is C17H21NO3. The van der Waals surface area contributed by atoms with Gasteiger partial charge in [0.25, 0.3) is 0 Å². The van der Waals surface area contributed by atoms with Crippen molar-refractivity contribution in [2.45, 2.75) is 43.6 Å². The molecule has 0 bridgehead atoms. The average molecular weight is 287 g/mol. The molecule has 1 aromatic rings. The molecule has 4 nitrogen and oxygen atoms in total. The second-order valence-electron chi connectivity index (χ2n) is 5.60. The normalized spacial score (nSPS) is 17.9. The number of rotatable bonds is 6. The van der Waals surface area contributed by atoms with Gasteiger partial charge in [-0.15, -0.1) is 6.58 Å². The highest BCUT2D eigenvalue weighted by atomic mass is 16.4. The van der Waals surface area contributed by atoms with Crippen molar-refractivity contribution < 1.29 is 14.7 Å². The summed E-state index contributed by atoms with van der Waals surface area (Å²) in [5.74, 6) is -1.25. The van der Waals surface area contributed by atoms with Crippen molar-refractivity contribution in [3.05, 3.63) is 48.6 Å². The Morgan fingerprint density at radius 3 is 2.43 bits per heavy atom. The Morgan fingerprint density at radius 1 is 1.29 bits per heavy atom. The minimum absolute atomic E-state index is 0.0987. The molecular weight excluding hydrogens is 266 g/mol. The van der Waals surface area contributed by atoms with Crippen LogP contribution in [0, 0.1) is 0 Å². The zero-order chi connectivity index (χ0) is 15.3. The fourth-order valence-corrected chi connectivity index (χ4v) is 2.93. The predicted octanol–water partition coefficient (Wildman–Crippen LogP) is 2.86. The first-order valence-corrected chi connectivity index (χ1v) is 7.29. The first kappa shape index (κ1) is 15.3. The molecule has 2 N–H and O–H groups in total. The summed E-state index contributed by atoms with van der Waals surface area (Å²) >= 11 is 0. The standard InChI is InChI=1S/C17H21NO3/c1-2-13(14-8-4-3-5-9-14)12-15(19)18-17(16(20)21)10-6-7-11-17/h2-5,8-9,13H,1,6-7,10-12H2,(H,18,19)(H,20,21). The summed E-state index contributed by atoms with van der Waals surface area (Å²) in [6, 6.07) is 9.64. The van der Waals surface area contributed by atoms with E-state index in [1.165, 1.54) is 0 Å². The lowest BCUT2D eigenvalue weighted by Crippen LogP contribution is -2.52. The van der Waals surface area contributed by atoms with Gasteiger partial charge in [-0.25, -0.2) is 4.79 Å². The Kier molecular flexibility index (Phi) is 4.78. The van der Waals surface area contributed by atoms with Gasteiger partial charge in [0.2, 0.25) is 5.91 Å². The topological polar surface area (TPSA) is 66.4 Å². The Hall–Kier alpha value is -2.10. The van der Waals surface area contributed by atoms with E-state index in [0.717, 1.165) is 18.4 Å². The first-order valence-electron chi connectivity index (χ1n) is 7.29. The number of hydrogen-bond donors (Lipinski definition) is 2. The van der Waals surface area contributed by atoms with Crippen molar-refractivity contribution in [2.75, 3.05) is 0 Å². The maximum Gasteiger partial charge on any atom is 0.329 e. The van der Waals surface area contributed by atoms with Crippen LogP contribution in [-0.4, -0.2) is 22.5 Å². The van der Waals surface area contributed by atoms with Crippen LogP contribution in [0.15, 0.2) is 43.0 Å². The van der Waals surface area contributed by atoms with Gasteiger partial charge in [0.15, 0.2) is 0 Å². The zero-order valence-electron chi connectivity index (χ0n) is 12.0. The molecule has 0 aliphatic heterocycles. The molecule has 1 aliphatic rings. The SMILES string of the molecule is C=CC(CC(=O)NC1(C(=O)O)CCCC1)c1ccccc1. The van der Waals surface area contributed by atoms with E-state index >= 15 is 0 Å². The number of nitrogens with one attached hydrogen (secondary N) is 1. The van der Waals surface area contributed by atoms with Crippen molar-refractivity contribution in [2.24, 2.45) is 0 Å². The molecule has 1 atom stereocenters. The number of carboxylic acid groups (broad SMARTS) is 1. The van der Waals surface area contributed by atoms with Gasteiger partial charge in [-0.05, 0) is 18.4 Å². The number of carboxylic acids is 1. The van der Waals surface area contributed by atoms with Gasteiger partial charge >= 0.3 is 5.97 Å². The lowest BCUT2D eigenvalue weighted by molar-refractivity contribution is -0.147. The number of benzene rings is 1. The molecule has 112 valence electrons. The van der Waals surface area contributed by atoms with Crippen molar-refractivity contribution in [1.29, 1.82) is 0 Å². The maximum atomic E-state index is 12.2. The molecule has 0 aromatic heterocycles. The molecule has 0 radical (unpaired) electrons. The van der Waals surface area contributed by atoms with E-state index in [-0.39, 0.29) is 18.2 Å².